The lowest BCUT2D eigenvalue weighted by Crippen LogP contribution is -2.17. The van der Waals surface area contributed by atoms with Crippen molar-refractivity contribution in [2.75, 3.05) is 0 Å². The van der Waals surface area contributed by atoms with Crippen LogP contribution in [0.1, 0.15) is 112 Å². The van der Waals surface area contributed by atoms with Crippen molar-refractivity contribution in [3.63, 3.8) is 0 Å². The SMILES string of the molecule is [2H]c1c([2H])c([2H])c(-c2cccc3c2c2c(C(C)(C)C)c(-c4ccc(C(C)(C)C)cc4)ccc2n3-c2cc(C(C)(C)C)cc(C(C)(C)C)c2)c([2H])c1[2H]. The third kappa shape index (κ3) is 6.06. The van der Waals surface area contributed by atoms with Gasteiger partial charge in [0.05, 0.1) is 17.9 Å². The van der Waals surface area contributed by atoms with Crippen molar-refractivity contribution >= 4 is 21.8 Å². The van der Waals surface area contributed by atoms with Gasteiger partial charge in [-0.3, -0.25) is 0 Å². The highest BCUT2D eigenvalue weighted by atomic mass is 15.0. The van der Waals surface area contributed by atoms with Crippen molar-refractivity contribution < 1.29 is 6.85 Å². The molecule has 47 heavy (non-hydrogen) atoms. The van der Waals surface area contributed by atoms with Gasteiger partial charge in [0.15, 0.2) is 0 Å². The predicted octanol–water partition coefficient (Wildman–Crippen LogP) is 13.3. The molecule has 0 saturated carbocycles. The Morgan fingerprint density at radius 3 is 1.55 bits per heavy atom. The number of rotatable bonds is 3. The van der Waals surface area contributed by atoms with Gasteiger partial charge in [0.1, 0.15) is 0 Å². The Kier molecular flexibility index (Phi) is 6.45. The molecule has 242 valence electrons. The molecule has 0 aliphatic carbocycles. The Morgan fingerprint density at radius 2 is 1.02 bits per heavy atom. The normalized spacial score (nSPS) is 14.6. The van der Waals surface area contributed by atoms with Crippen LogP contribution >= 0.6 is 0 Å². The molecule has 6 rings (SSSR count). The van der Waals surface area contributed by atoms with Crippen molar-refractivity contribution in [1.29, 1.82) is 0 Å². The van der Waals surface area contributed by atoms with E-state index < -0.39 is 6.04 Å². The van der Waals surface area contributed by atoms with Crippen LogP contribution in [0.3, 0.4) is 0 Å². The second kappa shape index (κ2) is 11.3. The average molecular weight is 625 g/mol. The van der Waals surface area contributed by atoms with E-state index in [-0.39, 0.29) is 51.4 Å². The molecule has 0 unspecified atom stereocenters. The van der Waals surface area contributed by atoms with Crippen molar-refractivity contribution in [2.24, 2.45) is 0 Å². The first-order valence-corrected chi connectivity index (χ1v) is 16.9. The summed E-state index contributed by atoms with van der Waals surface area (Å²) in [6.07, 6.45) is 0. The van der Waals surface area contributed by atoms with Gasteiger partial charge in [0, 0.05) is 16.5 Å². The summed E-state index contributed by atoms with van der Waals surface area (Å²) < 4.78 is 46.0. The summed E-state index contributed by atoms with van der Waals surface area (Å²) in [5.41, 5.74) is 10.4. The highest BCUT2D eigenvalue weighted by Crippen LogP contribution is 2.47. The molecule has 1 aromatic heterocycles. The maximum atomic E-state index is 9.07. The molecular formula is C46H53N. The molecule has 1 nitrogen and oxygen atoms in total. The van der Waals surface area contributed by atoms with E-state index in [9.17, 15) is 0 Å². The van der Waals surface area contributed by atoms with Gasteiger partial charge in [-0.15, -0.1) is 0 Å². The van der Waals surface area contributed by atoms with Crippen molar-refractivity contribution in [3.8, 4) is 27.9 Å². The zero-order chi connectivity index (χ0) is 38.5. The first kappa shape index (κ1) is 26.9. The molecule has 0 aliphatic heterocycles. The number of fused-ring (bicyclic) bond motifs is 3. The van der Waals surface area contributed by atoms with Crippen molar-refractivity contribution in [1.82, 2.24) is 4.57 Å². The number of hydrogen-bond acceptors (Lipinski definition) is 0. The highest BCUT2D eigenvalue weighted by molar-refractivity contribution is 6.18. The molecule has 0 amide bonds. The number of benzene rings is 5. The predicted molar refractivity (Wildman–Crippen MR) is 206 cm³/mol. The molecule has 1 heterocycles. The van der Waals surface area contributed by atoms with Crippen LogP contribution in [0.4, 0.5) is 0 Å². The Bertz CT molecular complexity index is 2310. The second-order valence-electron chi connectivity index (χ2n) is 17.3. The summed E-state index contributed by atoms with van der Waals surface area (Å²) >= 11 is 0. The summed E-state index contributed by atoms with van der Waals surface area (Å²) in [5, 5.41) is 1.91. The molecule has 0 saturated heterocycles. The van der Waals surface area contributed by atoms with Gasteiger partial charge in [-0.05, 0) is 90.4 Å². The van der Waals surface area contributed by atoms with Gasteiger partial charge in [0.25, 0.3) is 0 Å². The van der Waals surface area contributed by atoms with E-state index in [0.29, 0.717) is 5.56 Å². The van der Waals surface area contributed by atoms with Crippen molar-refractivity contribution in [2.45, 2.75) is 105 Å². The van der Waals surface area contributed by atoms with Crippen LogP contribution in [0, 0.1) is 0 Å². The zero-order valence-corrected chi connectivity index (χ0v) is 30.4. The van der Waals surface area contributed by atoms with Crippen LogP contribution in [0.5, 0.6) is 0 Å². The van der Waals surface area contributed by atoms with Crippen LogP contribution in [-0.4, -0.2) is 4.57 Å². The molecule has 0 radical (unpaired) electrons. The fourth-order valence-electron chi connectivity index (χ4n) is 6.80. The van der Waals surface area contributed by atoms with Gasteiger partial charge in [-0.25, -0.2) is 0 Å². The minimum absolute atomic E-state index is 0.0229. The summed E-state index contributed by atoms with van der Waals surface area (Å²) in [5.74, 6) is 0. The fourth-order valence-corrected chi connectivity index (χ4v) is 6.80. The molecule has 1 heteroatoms. The lowest BCUT2D eigenvalue weighted by Gasteiger charge is -2.27. The third-order valence-corrected chi connectivity index (χ3v) is 9.45. The van der Waals surface area contributed by atoms with E-state index in [1.807, 2.05) is 12.1 Å². The lowest BCUT2D eigenvalue weighted by molar-refractivity contribution is 0.568. The lowest BCUT2D eigenvalue weighted by atomic mass is 9.78. The molecule has 0 N–H and O–H groups in total. The van der Waals surface area contributed by atoms with Gasteiger partial charge in [0.2, 0.25) is 0 Å². The van der Waals surface area contributed by atoms with Crippen LogP contribution in [0.25, 0.3) is 49.7 Å². The highest BCUT2D eigenvalue weighted by Gasteiger charge is 2.29. The minimum atomic E-state index is -0.390. The van der Waals surface area contributed by atoms with E-state index in [0.717, 1.165) is 44.2 Å². The Balaban J connectivity index is 1.87. The van der Waals surface area contributed by atoms with Crippen LogP contribution < -0.4 is 0 Å². The summed E-state index contributed by atoms with van der Waals surface area (Å²) in [7, 11) is 0. The largest absolute Gasteiger partial charge is 0.309 e. The Labute approximate surface area is 290 Å². The minimum Gasteiger partial charge on any atom is -0.309 e. The number of hydrogen-bond donors (Lipinski definition) is 0. The molecule has 5 aromatic carbocycles. The molecule has 0 fully saturated rings. The maximum absolute atomic E-state index is 9.07. The van der Waals surface area contributed by atoms with Crippen molar-refractivity contribution in [3.05, 3.63) is 125 Å². The maximum Gasteiger partial charge on any atom is 0.0629 e. The third-order valence-electron chi connectivity index (χ3n) is 9.45. The summed E-state index contributed by atoms with van der Waals surface area (Å²) in [6.45, 7) is 26.9. The Hall–Kier alpha value is -4.10. The molecule has 0 aliphatic rings. The molecule has 6 aromatic rings. The molecule has 0 spiro atoms. The van der Waals surface area contributed by atoms with E-state index in [1.165, 1.54) is 16.7 Å². The summed E-state index contributed by atoms with van der Waals surface area (Å²) in [6, 6.07) is 24.8. The van der Waals surface area contributed by atoms with Gasteiger partial charge in [-0.2, -0.15) is 0 Å². The second-order valence-corrected chi connectivity index (χ2v) is 17.3. The quantitative estimate of drug-likeness (QED) is 0.185. The van der Waals surface area contributed by atoms with E-state index in [4.69, 9.17) is 6.85 Å². The molecule has 0 atom stereocenters. The first-order chi connectivity index (χ1) is 23.9. The van der Waals surface area contributed by atoms with Gasteiger partial charge >= 0.3 is 0 Å². The Morgan fingerprint density at radius 1 is 0.468 bits per heavy atom. The van der Waals surface area contributed by atoms with Crippen LogP contribution in [0.2, 0.25) is 0 Å². The van der Waals surface area contributed by atoms with Gasteiger partial charge in [-0.1, -0.05) is 162 Å². The topological polar surface area (TPSA) is 4.93 Å². The van der Waals surface area contributed by atoms with Crippen LogP contribution in [-0.2, 0) is 21.7 Å². The fraction of sp³-hybridized carbons (Fsp3) is 0.348. The monoisotopic (exact) mass is 624 g/mol. The first-order valence-electron chi connectivity index (χ1n) is 19.4. The molecular weight excluding hydrogens is 567 g/mol. The smallest absolute Gasteiger partial charge is 0.0629 e. The summed E-state index contributed by atoms with van der Waals surface area (Å²) in [4.78, 5) is 0. The zero-order valence-electron chi connectivity index (χ0n) is 35.4. The van der Waals surface area contributed by atoms with E-state index in [1.54, 1.807) is 0 Å². The molecule has 0 bridgehead atoms. The van der Waals surface area contributed by atoms with Gasteiger partial charge < -0.3 is 4.57 Å². The standard InChI is InChI=1S/C46H53N/c1-43(2,3)32-23-21-31(22-24-32)37-25-26-39-41(42(37)46(10,11)12)40-36(30-17-14-13-15-18-30)19-16-20-38(40)47(39)35-28-33(44(4,5)6)27-34(29-35)45(7,8)9/h13-29H,1-12H3/i13D,14D,15D,17D,18D. The average Bonchev–Trinajstić information content (AvgIpc) is 3.39. The van der Waals surface area contributed by atoms with E-state index >= 15 is 0 Å². The number of nitrogens with zero attached hydrogens (tertiary/aromatic N) is 1. The van der Waals surface area contributed by atoms with Crippen LogP contribution in [0.15, 0.2) is 103 Å². The van der Waals surface area contributed by atoms with E-state index in [2.05, 4.69) is 148 Å². The number of aromatic nitrogens is 1.